The van der Waals surface area contributed by atoms with Crippen LogP contribution in [0, 0.1) is 24.0 Å². The third kappa shape index (κ3) is 4.44. The molecule has 0 spiro atoms. The average Bonchev–Trinajstić information content (AvgIpc) is 2.63. The molecule has 0 saturated carbocycles. The van der Waals surface area contributed by atoms with Crippen molar-refractivity contribution >= 4 is 17.6 Å². The molecule has 0 aliphatic rings. The van der Waals surface area contributed by atoms with Gasteiger partial charge in [-0.25, -0.2) is 4.79 Å². The van der Waals surface area contributed by atoms with E-state index in [0.29, 0.717) is 0 Å². The fourth-order valence-corrected chi connectivity index (χ4v) is 2.71. The van der Waals surface area contributed by atoms with Gasteiger partial charge in [0.25, 0.3) is 11.6 Å². The number of methoxy groups -OCH3 is 1. The zero-order chi connectivity index (χ0) is 19.3. The number of rotatable bonds is 6. The number of hydrogen-bond acceptors (Lipinski definition) is 5. The molecule has 1 N–H and O–H groups in total. The van der Waals surface area contributed by atoms with Crippen molar-refractivity contribution in [1.29, 1.82) is 0 Å². The Labute approximate surface area is 151 Å². The van der Waals surface area contributed by atoms with Crippen molar-refractivity contribution < 1.29 is 19.2 Å². The maximum absolute atomic E-state index is 12.5. The molecule has 7 nitrogen and oxygen atoms in total. The largest absolute Gasteiger partial charge is 0.467 e. The third-order valence-corrected chi connectivity index (χ3v) is 4.16. The monoisotopic (exact) mass is 356 g/mol. The molecule has 0 aliphatic carbocycles. The summed E-state index contributed by atoms with van der Waals surface area (Å²) in [5, 5.41) is 13.5. The van der Waals surface area contributed by atoms with Crippen LogP contribution in [0.15, 0.2) is 42.5 Å². The van der Waals surface area contributed by atoms with E-state index in [-0.39, 0.29) is 17.7 Å². The molecule has 1 atom stereocenters. The number of benzene rings is 2. The fraction of sp³-hybridized carbons (Fsp3) is 0.263. The molecule has 0 aromatic heterocycles. The van der Waals surface area contributed by atoms with Crippen molar-refractivity contribution in [2.75, 3.05) is 7.11 Å². The smallest absolute Gasteiger partial charge is 0.328 e. The number of nitro groups is 1. The van der Waals surface area contributed by atoms with Crippen LogP contribution in [0.4, 0.5) is 5.69 Å². The lowest BCUT2D eigenvalue weighted by molar-refractivity contribution is -0.384. The average molecular weight is 356 g/mol. The van der Waals surface area contributed by atoms with E-state index in [2.05, 4.69) is 5.32 Å². The van der Waals surface area contributed by atoms with Crippen molar-refractivity contribution in [1.82, 2.24) is 5.32 Å². The van der Waals surface area contributed by atoms with E-state index in [1.54, 1.807) is 0 Å². The fourth-order valence-electron chi connectivity index (χ4n) is 2.71. The SMILES string of the molecule is COC(=O)[C@H](Cc1c(C)cccc1C)NC(=O)c1cccc([N+](=O)[O-])c1. The van der Waals surface area contributed by atoms with Gasteiger partial charge in [-0.05, 0) is 36.6 Å². The number of nitrogens with zero attached hydrogens (tertiary/aromatic N) is 1. The number of esters is 1. The van der Waals surface area contributed by atoms with Gasteiger partial charge < -0.3 is 10.1 Å². The predicted octanol–water partition coefficient (Wildman–Crippen LogP) is 2.73. The number of carbonyl (C=O) groups is 2. The number of ether oxygens (including phenoxy) is 1. The van der Waals surface area contributed by atoms with Gasteiger partial charge in [-0.15, -0.1) is 0 Å². The molecular weight excluding hydrogens is 336 g/mol. The summed E-state index contributed by atoms with van der Waals surface area (Å²) < 4.78 is 4.80. The molecule has 0 saturated heterocycles. The highest BCUT2D eigenvalue weighted by Gasteiger charge is 2.24. The summed E-state index contributed by atoms with van der Waals surface area (Å²) in [4.78, 5) is 34.9. The summed E-state index contributed by atoms with van der Waals surface area (Å²) in [6.07, 6.45) is 0.270. The van der Waals surface area contributed by atoms with E-state index >= 15 is 0 Å². The minimum Gasteiger partial charge on any atom is -0.467 e. The first kappa shape index (κ1) is 19.1. The second-order valence-corrected chi connectivity index (χ2v) is 5.93. The van der Waals surface area contributed by atoms with E-state index in [9.17, 15) is 19.7 Å². The Hall–Kier alpha value is -3.22. The lowest BCUT2D eigenvalue weighted by Crippen LogP contribution is -2.43. The second-order valence-electron chi connectivity index (χ2n) is 5.93. The summed E-state index contributed by atoms with van der Waals surface area (Å²) in [5.74, 6) is -1.15. The molecule has 136 valence electrons. The minimum absolute atomic E-state index is 0.106. The van der Waals surface area contributed by atoms with E-state index in [4.69, 9.17) is 4.74 Å². The van der Waals surface area contributed by atoms with Gasteiger partial charge in [0.15, 0.2) is 0 Å². The van der Waals surface area contributed by atoms with Gasteiger partial charge in [-0.2, -0.15) is 0 Å². The Kier molecular flexibility index (Phi) is 6.06. The number of hydrogen-bond donors (Lipinski definition) is 1. The van der Waals surface area contributed by atoms with Crippen LogP contribution in [0.25, 0.3) is 0 Å². The topological polar surface area (TPSA) is 98.5 Å². The van der Waals surface area contributed by atoms with Crippen molar-refractivity contribution in [2.45, 2.75) is 26.3 Å². The number of non-ortho nitro benzene ring substituents is 1. The number of amides is 1. The minimum atomic E-state index is -0.897. The standard InChI is InChI=1S/C19H20N2O5/c1-12-6-4-7-13(2)16(12)11-17(19(23)26-3)20-18(22)14-8-5-9-15(10-14)21(24)25/h4-10,17H,11H2,1-3H3,(H,20,22)/t17-/m0/s1. The van der Waals surface area contributed by atoms with Crippen molar-refractivity contribution in [3.8, 4) is 0 Å². The number of nitrogens with one attached hydrogen (secondary N) is 1. The lowest BCUT2D eigenvalue weighted by atomic mass is 9.96. The van der Waals surface area contributed by atoms with Gasteiger partial charge in [0.05, 0.1) is 12.0 Å². The maximum atomic E-state index is 12.5. The Morgan fingerprint density at radius 3 is 2.35 bits per heavy atom. The van der Waals surface area contributed by atoms with Crippen LogP contribution in [-0.4, -0.2) is 30.0 Å². The van der Waals surface area contributed by atoms with Gasteiger partial charge in [-0.1, -0.05) is 24.3 Å². The Morgan fingerprint density at radius 1 is 1.15 bits per heavy atom. The second kappa shape index (κ2) is 8.24. The lowest BCUT2D eigenvalue weighted by Gasteiger charge is -2.19. The summed E-state index contributed by atoms with van der Waals surface area (Å²) in [6.45, 7) is 3.86. The molecule has 26 heavy (non-hydrogen) atoms. The van der Waals surface area contributed by atoms with Crippen LogP contribution < -0.4 is 5.32 Å². The summed E-state index contributed by atoms with van der Waals surface area (Å²) in [6, 6.07) is 10.2. The van der Waals surface area contributed by atoms with Crippen LogP contribution in [0.5, 0.6) is 0 Å². The van der Waals surface area contributed by atoms with Crippen LogP contribution in [0.1, 0.15) is 27.0 Å². The first-order valence-electron chi connectivity index (χ1n) is 8.01. The molecule has 0 bridgehead atoms. The molecular formula is C19H20N2O5. The van der Waals surface area contributed by atoms with E-state index < -0.39 is 22.8 Å². The maximum Gasteiger partial charge on any atom is 0.328 e. The number of carbonyl (C=O) groups excluding carboxylic acids is 2. The highest BCUT2D eigenvalue weighted by atomic mass is 16.6. The molecule has 0 heterocycles. The Morgan fingerprint density at radius 2 is 1.77 bits per heavy atom. The molecule has 1 amide bonds. The molecule has 2 aromatic carbocycles. The third-order valence-electron chi connectivity index (χ3n) is 4.16. The molecule has 0 fully saturated rings. The Bertz CT molecular complexity index is 827. The molecule has 2 aromatic rings. The number of aryl methyl sites for hydroxylation is 2. The summed E-state index contributed by atoms with van der Waals surface area (Å²) >= 11 is 0. The molecule has 2 rings (SSSR count). The van der Waals surface area contributed by atoms with Gasteiger partial charge in [0.1, 0.15) is 6.04 Å². The number of nitro benzene ring substituents is 1. The van der Waals surface area contributed by atoms with Crippen molar-refractivity contribution in [2.24, 2.45) is 0 Å². The first-order valence-corrected chi connectivity index (χ1v) is 8.01. The zero-order valence-electron chi connectivity index (χ0n) is 14.8. The summed E-state index contributed by atoms with van der Waals surface area (Å²) in [7, 11) is 1.25. The van der Waals surface area contributed by atoms with Gasteiger partial charge >= 0.3 is 5.97 Å². The van der Waals surface area contributed by atoms with Crippen molar-refractivity contribution in [3.63, 3.8) is 0 Å². The van der Waals surface area contributed by atoms with Crippen molar-refractivity contribution in [3.05, 3.63) is 74.8 Å². The Balaban J connectivity index is 2.25. The highest BCUT2D eigenvalue weighted by Crippen LogP contribution is 2.17. The van der Waals surface area contributed by atoms with Crippen LogP contribution in [0.2, 0.25) is 0 Å². The molecule has 0 radical (unpaired) electrons. The first-order chi connectivity index (χ1) is 12.3. The van der Waals surface area contributed by atoms with Crippen LogP contribution in [0.3, 0.4) is 0 Å². The molecule has 0 aliphatic heterocycles. The van der Waals surface area contributed by atoms with Gasteiger partial charge in [0.2, 0.25) is 0 Å². The van der Waals surface area contributed by atoms with Crippen LogP contribution in [-0.2, 0) is 16.0 Å². The van der Waals surface area contributed by atoms with Crippen LogP contribution >= 0.6 is 0 Å². The van der Waals surface area contributed by atoms with Gasteiger partial charge in [0, 0.05) is 24.1 Å². The van der Waals surface area contributed by atoms with E-state index in [0.717, 1.165) is 16.7 Å². The summed E-state index contributed by atoms with van der Waals surface area (Å²) in [5.41, 5.74) is 2.87. The highest BCUT2D eigenvalue weighted by molar-refractivity contribution is 5.97. The normalized spacial score (nSPS) is 11.5. The predicted molar refractivity (Wildman–Crippen MR) is 96.0 cm³/mol. The quantitative estimate of drug-likeness (QED) is 0.487. The molecule has 7 heteroatoms. The van der Waals surface area contributed by atoms with E-state index in [1.165, 1.54) is 31.4 Å². The van der Waals surface area contributed by atoms with Gasteiger partial charge in [-0.3, -0.25) is 14.9 Å². The van der Waals surface area contributed by atoms with E-state index in [1.807, 2.05) is 32.0 Å². The molecule has 0 unspecified atom stereocenters. The zero-order valence-corrected chi connectivity index (χ0v) is 14.8.